The molecule has 4 aromatic carbocycles. The largest absolute Gasteiger partial charge is 0.460 e. The maximum atomic E-state index is 12.6. The second kappa shape index (κ2) is 12.5. The Kier molecular flexibility index (Phi) is 8.76. The van der Waals surface area contributed by atoms with Crippen molar-refractivity contribution in [2.75, 3.05) is 6.54 Å². The number of rotatable bonds is 8. The van der Waals surface area contributed by atoms with Crippen LogP contribution in [0.5, 0.6) is 11.6 Å². The number of hydrogen-bond donors (Lipinski definition) is 1. The lowest BCUT2D eigenvalue weighted by Crippen LogP contribution is -2.29. The van der Waals surface area contributed by atoms with Crippen molar-refractivity contribution in [3.05, 3.63) is 106 Å². The van der Waals surface area contributed by atoms with Crippen LogP contribution in [0.15, 0.2) is 84.9 Å². The van der Waals surface area contributed by atoms with Gasteiger partial charge in [0.1, 0.15) is 11.4 Å². The number of amides is 1. The molecule has 0 fully saturated rings. The van der Waals surface area contributed by atoms with Crippen LogP contribution in [0.3, 0.4) is 0 Å². The summed E-state index contributed by atoms with van der Waals surface area (Å²) in [4.78, 5) is 24.5. The summed E-state index contributed by atoms with van der Waals surface area (Å²) in [5.74, 6) is 0.312. The van der Waals surface area contributed by atoms with E-state index in [-0.39, 0.29) is 24.8 Å². The van der Waals surface area contributed by atoms with E-state index >= 15 is 0 Å². The first-order valence-corrected chi connectivity index (χ1v) is 14.5. The number of ether oxygens (including phenoxy) is 2. The van der Waals surface area contributed by atoms with E-state index < -0.39 is 5.60 Å². The molecule has 0 saturated heterocycles. The Labute approximate surface area is 260 Å². The molecule has 1 aromatic heterocycles. The zero-order valence-electron chi connectivity index (χ0n) is 24.3. The monoisotopic (exact) mass is 615 g/mol. The van der Waals surface area contributed by atoms with Crippen molar-refractivity contribution in [1.82, 2.24) is 15.1 Å². The molecule has 0 spiro atoms. The molecule has 0 unspecified atom stereocenters. The van der Waals surface area contributed by atoms with E-state index in [1.807, 2.05) is 18.2 Å². The first-order chi connectivity index (χ1) is 20.4. The van der Waals surface area contributed by atoms with Crippen molar-refractivity contribution >= 4 is 45.9 Å². The van der Waals surface area contributed by atoms with Crippen LogP contribution in [-0.4, -0.2) is 33.8 Å². The first kappa shape index (κ1) is 30.1. The minimum atomic E-state index is -0.568. The van der Waals surface area contributed by atoms with Gasteiger partial charge in [-0.15, -0.1) is 0 Å². The van der Waals surface area contributed by atoms with E-state index in [4.69, 9.17) is 37.8 Å². The molecule has 0 saturated carbocycles. The SMILES string of the molecule is Cc1ccc2cc(-n3nc(-c4cc(Cl)cc(Cl)c4)cc3Oc3ccc(C(=O)NCCC(=O)OC(C)(C)C)cc3)ccc2c1. The van der Waals surface area contributed by atoms with Gasteiger partial charge >= 0.3 is 5.97 Å². The van der Waals surface area contributed by atoms with Gasteiger partial charge in [-0.3, -0.25) is 9.59 Å². The number of fused-ring (bicyclic) bond motifs is 1. The summed E-state index contributed by atoms with van der Waals surface area (Å²) in [5.41, 5.74) is 3.24. The van der Waals surface area contributed by atoms with Crippen molar-refractivity contribution in [2.45, 2.75) is 39.7 Å². The lowest BCUT2D eigenvalue weighted by molar-refractivity contribution is -0.154. The maximum Gasteiger partial charge on any atom is 0.308 e. The fourth-order valence-electron chi connectivity index (χ4n) is 4.52. The fraction of sp³-hybridized carbons (Fsp3) is 0.206. The van der Waals surface area contributed by atoms with E-state index in [2.05, 4.69) is 36.5 Å². The van der Waals surface area contributed by atoms with Crippen LogP contribution in [0.25, 0.3) is 27.7 Å². The third kappa shape index (κ3) is 7.74. The summed E-state index contributed by atoms with van der Waals surface area (Å²) >= 11 is 12.6. The Hall–Kier alpha value is -4.33. The second-order valence-corrected chi connectivity index (χ2v) is 12.1. The standard InChI is InChI=1S/C34H31Cl2N3O4/c1-21-5-6-24-18-28(10-7-23(24)15-21)39-31(20-30(38-39)25-16-26(35)19-27(36)17-25)42-29-11-8-22(9-12-29)33(41)37-14-13-32(40)43-34(2,3)4/h5-12,15-20H,13-14H2,1-4H3,(H,37,41). The smallest absolute Gasteiger partial charge is 0.308 e. The Morgan fingerprint density at radius 1 is 0.860 bits per heavy atom. The van der Waals surface area contributed by atoms with Gasteiger partial charge in [-0.1, -0.05) is 53.0 Å². The molecule has 0 aliphatic carbocycles. The molecule has 220 valence electrons. The number of benzene rings is 4. The average Bonchev–Trinajstić information content (AvgIpc) is 3.35. The molecule has 5 aromatic rings. The minimum absolute atomic E-state index is 0.0861. The van der Waals surface area contributed by atoms with Gasteiger partial charge < -0.3 is 14.8 Å². The molecule has 1 heterocycles. The summed E-state index contributed by atoms with van der Waals surface area (Å²) in [5, 5.41) is 10.8. The van der Waals surface area contributed by atoms with Crippen molar-refractivity contribution in [2.24, 2.45) is 0 Å². The van der Waals surface area contributed by atoms with Crippen LogP contribution in [0.1, 0.15) is 43.1 Å². The first-order valence-electron chi connectivity index (χ1n) is 13.8. The van der Waals surface area contributed by atoms with Crippen molar-refractivity contribution in [1.29, 1.82) is 0 Å². The highest BCUT2D eigenvalue weighted by atomic mass is 35.5. The van der Waals surface area contributed by atoms with Gasteiger partial charge in [0.25, 0.3) is 5.91 Å². The van der Waals surface area contributed by atoms with E-state index in [0.717, 1.165) is 22.0 Å². The Balaban J connectivity index is 1.38. The number of nitrogens with zero attached hydrogens (tertiary/aromatic N) is 2. The summed E-state index contributed by atoms with van der Waals surface area (Å²) < 4.78 is 13.3. The summed E-state index contributed by atoms with van der Waals surface area (Å²) in [6.45, 7) is 7.64. The Morgan fingerprint density at radius 2 is 1.53 bits per heavy atom. The molecule has 5 rings (SSSR count). The van der Waals surface area contributed by atoms with Crippen LogP contribution >= 0.6 is 23.2 Å². The summed E-state index contributed by atoms with van der Waals surface area (Å²) in [6, 6.07) is 26.2. The zero-order valence-corrected chi connectivity index (χ0v) is 25.8. The van der Waals surface area contributed by atoms with Crippen LogP contribution in [0.2, 0.25) is 10.0 Å². The molecule has 0 aliphatic rings. The lowest BCUT2D eigenvalue weighted by atomic mass is 10.1. The molecule has 1 amide bonds. The maximum absolute atomic E-state index is 12.6. The topological polar surface area (TPSA) is 82.5 Å². The summed E-state index contributed by atoms with van der Waals surface area (Å²) in [6.07, 6.45) is 0.0861. The highest BCUT2D eigenvalue weighted by Gasteiger charge is 2.17. The van der Waals surface area contributed by atoms with E-state index in [1.165, 1.54) is 5.56 Å². The number of hydrogen-bond acceptors (Lipinski definition) is 5. The Bertz CT molecular complexity index is 1790. The van der Waals surface area contributed by atoms with Crippen molar-refractivity contribution in [3.8, 4) is 28.6 Å². The highest BCUT2D eigenvalue weighted by Crippen LogP contribution is 2.33. The van der Waals surface area contributed by atoms with Crippen molar-refractivity contribution in [3.63, 3.8) is 0 Å². The van der Waals surface area contributed by atoms with Gasteiger partial charge in [-0.25, -0.2) is 4.68 Å². The van der Waals surface area contributed by atoms with Gasteiger partial charge in [0, 0.05) is 33.8 Å². The fourth-order valence-corrected chi connectivity index (χ4v) is 5.04. The lowest BCUT2D eigenvalue weighted by Gasteiger charge is -2.19. The summed E-state index contributed by atoms with van der Waals surface area (Å²) in [7, 11) is 0. The van der Waals surface area contributed by atoms with Gasteiger partial charge in [0.2, 0.25) is 5.88 Å². The van der Waals surface area contributed by atoms with E-state index in [0.29, 0.717) is 32.9 Å². The molecule has 7 nitrogen and oxygen atoms in total. The second-order valence-electron chi connectivity index (χ2n) is 11.2. The predicted octanol–water partition coefficient (Wildman–Crippen LogP) is 8.56. The zero-order chi connectivity index (χ0) is 30.7. The van der Waals surface area contributed by atoms with Crippen LogP contribution in [-0.2, 0) is 9.53 Å². The number of esters is 1. The number of aryl methyl sites for hydroxylation is 1. The minimum Gasteiger partial charge on any atom is -0.460 e. The van der Waals surface area contributed by atoms with Crippen molar-refractivity contribution < 1.29 is 19.1 Å². The number of aromatic nitrogens is 2. The number of carbonyl (C=O) groups is 2. The third-order valence-electron chi connectivity index (χ3n) is 6.43. The highest BCUT2D eigenvalue weighted by molar-refractivity contribution is 6.35. The number of halogens is 2. The molecule has 0 atom stereocenters. The van der Waals surface area contributed by atoms with Gasteiger partial charge in [-0.05, 0) is 93.1 Å². The molecule has 9 heteroatoms. The average molecular weight is 617 g/mol. The number of nitrogens with one attached hydrogen (secondary N) is 1. The molecule has 0 aliphatic heterocycles. The van der Waals surface area contributed by atoms with Crippen LogP contribution < -0.4 is 10.1 Å². The van der Waals surface area contributed by atoms with Crippen LogP contribution in [0.4, 0.5) is 0 Å². The molecule has 1 N–H and O–H groups in total. The Morgan fingerprint density at radius 3 is 2.23 bits per heavy atom. The normalized spacial score (nSPS) is 11.4. The van der Waals surface area contributed by atoms with Gasteiger partial charge in [0.05, 0.1) is 17.8 Å². The molecule has 0 radical (unpaired) electrons. The van der Waals surface area contributed by atoms with E-state index in [1.54, 1.807) is 67.9 Å². The molecule has 0 bridgehead atoms. The van der Waals surface area contributed by atoms with Crippen LogP contribution in [0, 0.1) is 6.92 Å². The molecule has 43 heavy (non-hydrogen) atoms. The molecular weight excluding hydrogens is 585 g/mol. The van der Waals surface area contributed by atoms with E-state index in [9.17, 15) is 9.59 Å². The number of carbonyl (C=O) groups excluding carboxylic acids is 2. The molecular formula is C34H31Cl2N3O4. The quantitative estimate of drug-likeness (QED) is 0.177. The van der Waals surface area contributed by atoms with Gasteiger partial charge in [0.15, 0.2) is 0 Å². The van der Waals surface area contributed by atoms with Gasteiger partial charge in [-0.2, -0.15) is 5.10 Å². The third-order valence-corrected chi connectivity index (χ3v) is 6.87. The predicted molar refractivity (Wildman–Crippen MR) is 171 cm³/mol.